The van der Waals surface area contributed by atoms with Gasteiger partial charge in [0, 0.05) is 12.3 Å². The Morgan fingerprint density at radius 1 is 1.29 bits per heavy atom. The summed E-state index contributed by atoms with van der Waals surface area (Å²) < 4.78 is 0. The lowest BCUT2D eigenvalue weighted by Gasteiger charge is -2.04. The van der Waals surface area contributed by atoms with Crippen LogP contribution in [0.1, 0.15) is 11.1 Å². The van der Waals surface area contributed by atoms with Gasteiger partial charge in [0.2, 0.25) is 0 Å². The first kappa shape index (κ1) is 11.6. The van der Waals surface area contributed by atoms with Gasteiger partial charge in [0.25, 0.3) is 0 Å². The van der Waals surface area contributed by atoms with Gasteiger partial charge in [0.15, 0.2) is 0 Å². The van der Waals surface area contributed by atoms with Crippen molar-refractivity contribution in [3.63, 3.8) is 0 Å². The van der Waals surface area contributed by atoms with Crippen molar-refractivity contribution in [3.05, 3.63) is 35.4 Å². The van der Waals surface area contributed by atoms with Crippen molar-refractivity contribution >= 4 is 11.8 Å². The summed E-state index contributed by atoms with van der Waals surface area (Å²) in [6.07, 6.45) is 3.28. The lowest BCUT2D eigenvalue weighted by Crippen LogP contribution is -2.19. The third-order valence-electron chi connectivity index (χ3n) is 2.16. The van der Waals surface area contributed by atoms with E-state index >= 15 is 0 Å². The highest BCUT2D eigenvalue weighted by atomic mass is 32.2. The molecule has 0 saturated heterocycles. The van der Waals surface area contributed by atoms with Crippen molar-refractivity contribution in [2.45, 2.75) is 13.3 Å². The van der Waals surface area contributed by atoms with Crippen LogP contribution in [0, 0.1) is 6.92 Å². The molecule has 1 aromatic rings. The highest BCUT2D eigenvalue weighted by molar-refractivity contribution is 7.98. The van der Waals surface area contributed by atoms with Gasteiger partial charge in [-0.25, -0.2) is 0 Å². The van der Waals surface area contributed by atoms with Gasteiger partial charge >= 0.3 is 0 Å². The minimum Gasteiger partial charge on any atom is -0.316 e. The van der Waals surface area contributed by atoms with Crippen LogP contribution in [-0.4, -0.2) is 25.1 Å². The predicted octanol–water partition coefficient (Wildman–Crippen LogP) is 2.49. The summed E-state index contributed by atoms with van der Waals surface area (Å²) in [5.41, 5.74) is 2.79. The monoisotopic (exact) mass is 209 g/mol. The zero-order chi connectivity index (χ0) is 10.2. The molecule has 78 valence electrons. The fourth-order valence-corrected chi connectivity index (χ4v) is 1.75. The van der Waals surface area contributed by atoms with Gasteiger partial charge < -0.3 is 5.32 Å². The number of rotatable bonds is 6. The highest BCUT2D eigenvalue weighted by Gasteiger charge is 1.92. The van der Waals surface area contributed by atoms with Crippen LogP contribution in [0.2, 0.25) is 0 Å². The first-order valence-corrected chi connectivity index (χ1v) is 6.47. The maximum Gasteiger partial charge on any atom is 0.00553 e. The standard InChI is InChI=1S/C12H19NS/c1-11-4-3-5-12(10-11)6-7-13-8-9-14-2/h3-5,10,13H,6-9H2,1-2H3. The van der Waals surface area contributed by atoms with Crippen LogP contribution in [0.5, 0.6) is 0 Å². The summed E-state index contributed by atoms with van der Waals surface area (Å²) in [5, 5.41) is 3.43. The van der Waals surface area contributed by atoms with E-state index in [1.165, 1.54) is 16.9 Å². The van der Waals surface area contributed by atoms with E-state index in [-0.39, 0.29) is 0 Å². The summed E-state index contributed by atoms with van der Waals surface area (Å²) in [6, 6.07) is 8.73. The van der Waals surface area contributed by atoms with Gasteiger partial charge in [-0.3, -0.25) is 0 Å². The molecule has 0 heterocycles. The van der Waals surface area contributed by atoms with Crippen molar-refractivity contribution in [2.24, 2.45) is 0 Å². The zero-order valence-corrected chi connectivity index (χ0v) is 9.86. The molecule has 1 N–H and O–H groups in total. The Morgan fingerprint density at radius 3 is 2.86 bits per heavy atom. The summed E-state index contributed by atoms with van der Waals surface area (Å²) in [6.45, 7) is 4.35. The quantitative estimate of drug-likeness (QED) is 0.722. The van der Waals surface area contributed by atoms with E-state index in [1.54, 1.807) is 0 Å². The predicted molar refractivity (Wildman–Crippen MR) is 66.1 cm³/mol. The number of benzene rings is 1. The number of aryl methyl sites for hydroxylation is 1. The topological polar surface area (TPSA) is 12.0 Å². The smallest absolute Gasteiger partial charge is 0.00553 e. The van der Waals surface area contributed by atoms with Crippen LogP contribution in [-0.2, 0) is 6.42 Å². The Balaban J connectivity index is 2.18. The molecule has 0 aliphatic heterocycles. The van der Waals surface area contributed by atoms with Crippen LogP contribution in [0.4, 0.5) is 0 Å². The Kier molecular flexibility index (Phi) is 5.72. The minimum absolute atomic E-state index is 1.09. The molecule has 0 atom stereocenters. The molecule has 0 bridgehead atoms. The Labute approximate surface area is 91.3 Å². The number of hydrogen-bond acceptors (Lipinski definition) is 2. The first-order chi connectivity index (χ1) is 6.83. The maximum atomic E-state index is 3.43. The average Bonchev–Trinajstić information content (AvgIpc) is 2.18. The molecule has 0 fully saturated rings. The number of hydrogen-bond donors (Lipinski definition) is 1. The first-order valence-electron chi connectivity index (χ1n) is 5.08. The van der Waals surface area contributed by atoms with Crippen molar-refractivity contribution in [3.8, 4) is 0 Å². The molecule has 1 nitrogen and oxygen atoms in total. The zero-order valence-electron chi connectivity index (χ0n) is 9.05. The summed E-state index contributed by atoms with van der Waals surface area (Å²) in [5.74, 6) is 1.20. The molecular weight excluding hydrogens is 190 g/mol. The normalized spacial score (nSPS) is 10.4. The van der Waals surface area contributed by atoms with Crippen molar-refractivity contribution < 1.29 is 0 Å². The van der Waals surface area contributed by atoms with Gasteiger partial charge in [-0.15, -0.1) is 0 Å². The lowest BCUT2D eigenvalue weighted by molar-refractivity contribution is 0.721. The van der Waals surface area contributed by atoms with Crippen LogP contribution >= 0.6 is 11.8 Å². The Hall–Kier alpha value is -0.470. The molecule has 0 aliphatic rings. The van der Waals surface area contributed by atoms with Crippen LogP contribution in [0.25, 0.3) is 0 Å². The van der Waals surface area contributed by atoms with Gasteiger partial charge in [0.1, 0.15) is 0 Å². The fraction of sp³-hybridized carbons (Fsp3) is 0.500. The molecule has 14 heavy (non-hydrogen) atoms. The molecule has 1 rings (SSSR count). The van der Waals surface area contributed by atoms with E-state index in [1.807, 2.05) is 11.8 Å². The second kappa shape index (κ2) is 6.91. The molecule has 0 amide bonds. The molecule has 0 radical (unpaired) electrons. The van der Waals surface area contributed by atoms with E-state index in [9.17, 15) is 0 Å². The molecule has 0 spiro atoms. The molecule has 2 heteroatoms. The third-order valence-corrected chi connectivity index (χ3v) is 2.77. The molecule has 0 saturated carbocycles. The van der Waals surface area contributed by atoms with Gasteiger partial charge in [-0.1, -0.05) is 29.8 Å². The van der Waals surface area contributed by atoms with Gasteiger partial charge in [0.05, 0.1) is 0 Å². The molecule has 0 unspecified atom stereocenters. The summed E-state index contributed by atoms with van der Waals surface area (Å²) in [4.78, 5) is 0. The molecule has 0 aliphatic carbocycles. The molecule has 0 aromatic heterocycles. The van der Waals surface area contributed by atoms with E-state index in [4.69, 9.17) is 0 Å². The van der Waals surface area contributed by atoms with E-state index in [0.29, 0.717) is 0 Å². The second-order valence-electron chi connectivity index (χ2n) is 3.48. The summed E-state index contributed by atoms with van der Waals surface area (Å²) >= 11 is 1.89. The minimum atomic E-state index is 1.09. The SMILES string of the molecule is CSCCNCCc1cccc(C)c1. The van der Waals surface area contributed by atoms with E-state index in [2.05, 4.69) is 42.8 Å². The Morgan fingerprint density at radius 2 is 2.14 bits per heavy atom. The van der Waals surface area contributed by atoms with Gasteiger partial charge in [-0.2, -0.15) is 11.8 Å². The van der Waals surface area contributed by atoms with Crippen LogP contribution in [0.3, 0.4) is 0 Å². The van der Waals surface area contributed by atoms with E-state index < -0.39 is 0 Å². The summed E-state index contributed by atoms with van der Waals surface area (Å²) in [7, 11) is 0. The van der Waals surface area contributed by atoms with Gasteiger partial charge in [-0.05, 0) is 31.7 Å². The fourth-order valence-electron chi connectivity index (χ4n) is 1.40. The van der Waals surface area contributed by atoms with Crippen molar-refractivity contribution in [1.82, 2.24) is 5.32 Å². The number of thioether (sulfide) groups is 1. The largest absolute Gasteiger partial charge is 0.316 e. The average molecular weight is 209 g/mol. The van der Waals surface area contributed by atoms with E-state index in [0.717, 1.165) is 19.5 Å². The second-order valence-corrected chi connectivity index (χ2v) is 4.47. The molecular formula is C12H19NS. The van der Waals surface area contributed by atoms with Crippen molar-refractivity contribution in [2.75, 3.05) is 25.1 Å². The lowest BCUT2D eigenvalue weighted by atomic mass is 10.1. The maximum absolute atomic E-state index is 3.43. The highest BCUT2D eigenvalue weighted by Crippen LogP contribution is 2.03. The molecule has 1 aromatic carbocycles. The van der Waals surface area contributed by atoms with Crippen LogP contribution < -0.4 is 5.32 Å². The van der Waals surface area contributed by atoms with Crippen molar-refractivity contribution in [1.29, 1.82) is 0 Å². The number of nitrogens with one attached hydrogen (secondary N) is 1. The Bertz CT molecular complexity index is 260. The van der Waals surface area contributed by atoms with Crippen LogP contribution in [0.15, 0.2) is 24.3 Å². The third kappa shape index (κ3) is 4.68.